The van der Waals surface area contributed by atoms with Gasteiger partial charge in [0.1, 0.15) is 5.75 Å². The van der Waals surface area contributed by atoms with Gasteiger partial charge in [-0.25, -0.2) is 4.79 Å². The fraction of sp³-hybridized carbons (Fsp3) is 0.500. The van der Waals surface area contributed by atoms with Crippen LogP contribution in [0.1, 0.15) is 24.8 Å². The molecule has 174 valence electrons. The van der Waals surface area contributed by atoms with Crippen LogP contribution in [0.2, 0.25) is 5.02 Å². The number of ether oxygens (including phenoxy) is 1. The van der Waals surface area contributed by atoms with Crippen molar-refractivity contribution in [2.24, 2.45) is 0 Å². The van der Waals surface area contributed by atoms with Crippen LogP contribution in [0.5, 0.6) is 5.75 Å². The van der Waals surface area contributed by atoms with E-state index in [9.17, 15) is 22.8 Å². The second-order valence-electron chi connectivity index (χ2n) is 6.28. The number of halogens is 4. The normalized spacial score (nSPS) is 14.1. The van der Waals surface area contributed by atoms with E-state index in [0.717, 1.165) is 24.2 Å². The van der Waals surface area contributed by atoms with Gasteiger partial charge in [-0.15, -0.1) is 0 Å². The average molecular weight is 504 g/mol. The van der Waals surface area contributed by atoms with Gasteiger partial charge >= 0.3 is 18.1 Å². The third-order valence-electron chi connectivity index (χ3n) is 4.08. The predicted molar refractivity (Wildman–Crippen MR) is 113 cm³/mol. The number of amides is 1. The first-order valence-electron chi connectivity index (χ1n) is 8.82. The summed E-state index contributed by atoms with van der Waals surface area (Å²) in [4.78, 5) is 31.8. The van der Waals surface area contributed by atoms with E-state index in [1.165, 1.54) is 10.8 Å². The van der Waals surface area contributed by atoms with Crippen molar-refractivity contribution in [2.45, 2.75) is 30.9 Å². The number of hydrogen-bond acceptors (Lipinski definition) is 6. The van der Waals surface area contributed by atoms with E-state index in [4.69, 9.17) is 31.3 Å². The average Bonchev–Trinajstić information content (AvgIpc) is 3.49. The van der Waals surface area contributed by atoms with Gasteiger partial charge in [0.2, 0.25) is 5.91 Å². The maximum atomic E-state index is 12.5. The Labute approximate surface area is 189 Å². The third-order valence-corrected chi connectivity index (χ3v) is 6.80. The number of benzene rings is 1. The topological polar surface area (TPSA) is 113 Å². The molecule has 13 heteroatoms. The molecule has 1 aromatic rings. The predicted octanol–water partition coefficient (Wildman–Crippen LogP) is 3.99. The summed E-state index contributed by atoms with van der Waals surface area (Å²) in [5.74, 6) is -1.61. The molecule has 0 heterocycles. The minimum Gasteiger partial charge on any atom is -0.495 e. The maximum absolute atomic E-state index is 12.5. The van der Waals surface area contributed by atoms with E-state index in [0.29, 0.717) is 23.1 Å². The Bertz CT molecular complexity index is 790. The SMILES string of the molecule is COc1cc(C2(C(=O)NCCSSCCC(=O)O)CC2)ccc1Cl.O=C(O)C(F)(F)F. The van der Waals surface area contributed by atoms with Crippen molar-refractivity contribution >= 4 is 51.0 Å². The summed E-state index contributed by atoms with van der Waals surface area (Å²) in [5, 5.41) is 19.2. The molecular formula is C18H21ClF3NO6S2. The van der Waals surface area contributed by atoms with E-state index in [2.05, 4.69) is 5.32 Å². The van der Waals surface area contributed by atoms with Crippen molar-refractivity contribution in [3.8, 4) is 5.75 Å². The molecule has 31 heavy (non-hydrogen) atoms. The van der Waals surface area contributed by atoms with Crippen LogP contribution in [0.3, 0.4) is 0 Å². The Kier molecular flexibility index (Phi) is 10.8. The first kappa shape index (κ1) is 27.2. The smallest absolute Gasteiger partial charge is 0.490 e. The molecule has 1 aromatic carbocycles. The zero-order chi connectivity index (χ0) is 23.7. The minimum atomic E-state index is -5.08. The number of rotatable bonds is 10. The van der Waals surface area contributed by atoms with Crippen LogP contribution in [0.15, 0.2) is 18.2 Å². The Morgan fingerprint density at radius 3 is 2.26 bits per heavy atom. The second kappa shape index (κ2) is 12.3. The van der Waals surface area contributed by atoms with Gasteiger partial charge in [-0.2, -0.15) is 13.2 Å². The molecular weight excluding hydrogens is 483 g/mol. The van der Waals surface area contributed by atoms with Gasteiger partial charge in [0, 0.05) is 18.1 Å². The van der Waals surface area contributed by atoms with Crippen LogP contribution in [0, 0.1) is 0 Å². The standard InChI is InChI=1S/C16H20ClNO4S2.C2HF3O2/c1-22-13-10-11(2-3-12(13)17)16(5-6-16)15(21)18-7-9-24-23-8-4-14(19)20;3-2(4,5)1(6)7/h2-3,10H,4-9H2,1H3,(H,18,21)(H,19,20);(H,6,7). The Morgan fingerprint density at radius 1 is 1.19 bits per heavy atom. The molecule has 0 saturated heterocycles. The maximum Gasteiger partial charge on any atom is 0.490 e. The van der Waals surface area contributed by atoms with Gasteiger partial charge in [0.15, 0.2) is 0 Å². The molecule has 1 fully saturated rings. The number of alkyl halides is 3. The van der Waals surface area contributed by atoms with Crippen molar-refractivity contribution in [3.05, 3.63) is 28.8 Å². The van der Waals surface area contributed by atoms with Crippen molar-refractivity contribution in [3.63, 3.8) is 0 Å². The molecule has 1 saturated carbocycles. The van der Waals surface area contributed by atoms with E-state index in [-0.39, 0.29) is 12.3 Å². The van der Waals surface area contributed by atoms with Gasteiger partial charge in [-0.3, -0.25) is 9.59 Å². The molecule has 0 spiro atoms. The van der Waals surface area contributed by atoms with E-state index in [1.807, 2.05) is 12.1 Å². The van der Waals surface area contributed by atoms with Crippen LogP contribution < -0.4 is 10.1 Å². The van der Waals surface area contributed by atoms with Crippen molar-refractivity contribution in [1.29, 1.82) is 0 Å². The lowest BCUT2D eigenvalue weighted by Gasteiger charge is -2.17. The number of methoxy groups -OCH3 is 1. The fourth-order valence-electron chi connectivity index (χ4n) is 2.35. The van der Waals surface area contributed by atoms with E-state index in [1.54, 1.807) is 24.0 Å². The van der Waals surface area contributed by atoms with Crippen LogP contribution >= 0.6 is 33.2 Å². The van der Waals surface area contributed by atoms with Gasteiger partial charge in [-0.1, -0.05) is 39.3 Å². The van der Waals surface area contributed by atoms with Gasteiger partial charge in [-0.05, 0) is 30.5 Å². The molecule has 1 aliphatic rings. The minimum absolute atomic E-state index is 0.0306. The third kappa shape index (κ3) is 9.08. The Morgan fingerprint density at radius 2 is 1.77 bits per heavy atom. The monoisotopic (exact) mass is 503 g/mol. The first-order valence-corrected chi connectivity index (χ1v) is 11.7. The highest BCUT2D eigenvalue weighted by Crippen LogP contribution is 2.49. The first-order chi connectivity index (χ1) is 14.4. The van der Waals surface area contributed by atoms with E-state index < -0.39 is 23.5 Å². The number of carbonyl (C=O) groups is 3. The van der Waals surface area contributed by atoms with Gasteiger partial charge < -0.3 is 20.3 Å². The molecule has 0 radical (unpaired) electrons. The van der Waals surface area contributed by atoms with Crippen molar-refractivity contribution in [1.82, 2.24) is 5.32 Å². The van der Waals surface area contributed by atoms with Gasteiger partial charge in [0.05, 0.1) is 24.0 Å². The number of hydrogen-bond donors (Lipinski definition) is 3. The highest BCUT2D eigenvalue weighted by molar-refractivity contribution is 8.76. The number of nitrogens with one attached hydrogen (secondary N) is 1. The quantitative estimate of drug-likeness (QED) is 0.324. The zero-order valence-electron chi connectivity index (χ0n) is 16.3. The lowest BCUT2D eigenvalue weighted by atomic mass is 9.95. The molecule has 0 aromatic heterocycles. The summed E-state index contributed by atoms with van der Waals surface area (Å²) < 4.78 is 37.0. The molecule has 3 N–H and O–H groups in total. The molecule has 0 bridgehead atoms. The lowest BCUT2D eigenvalue weighted by molar-refractivity contribution is -0.192. The molecule has 2 rings (SSSR count). The molecule has 0 aliphatic heterocycles. The lowest BCUT2D eigenvalue weighted by Crippen LogP contribution is -2.36. The number of carbonyl (C=O) groups excluding carboxylic acids is 1. The van der Waals surface area contributed by atoms with Crippen LogP contribution in [0.25, 0.3) is 0 Å². The van der Waals surface area contributed by atoms with Crippen molar-refractivity contribution in [2.75, 3.05) is 25.2 Å². The zero-order valence-corrected chi connectivity index (χ0v) is 18.7. The Hall–Kier alpha value is -1.79. The van der Waals surface area contributed by atoms with Crippen LogP contribution in [-0.2, 0) is 19.8 Å². The Balaban J connectivity index is 0.000000592. The molecule has 0 unspecified atom stereocenters. The van der Waals surface area contributed by atoms with Gasteiger partial charge in [0.25, 0.3) is 0 Å². The number of carboxylic acid groups (broad SMARTS) is 2. The molecule has 1 amide bonds. The molecule has 0 atom stereocenters. The highest BCUT2D eigenvalue weighted by Gasteiger charge is 2.51. The molecule has 7 nitrogen and oxygen atoms in total. The summed E-state index contributed by atoms with van der Waals surface area (Å²) in [6.07, 6.45) is -3.28. The number of carboxylic acids is 2. The van der Waals surface area contributed by atoms with Crippen molar-refractivity contribution < 1.29 is 42.5 Å². The summed E-state index contributed by atoms with van der Waals surface area (Å²) in [6.45, 7) is 0.566. The second-order valence-corrected chi connectivity index (χ2v) is 9.39. The summed E-state index contributed by atoms with van der Waals surface area (Å²) >= 11 is 6.04. The molecule has 1 aliphatic carbocycles. The number of aliphatic carboxylic acids is 2. The van der Waals surface area contributed by atoms with Crippen LogP contribution in [0.4, 0.5) is 13.2 Å². The largest absolute Gasteiger partial charge is 0.495 e. The summed E-state index contributed by atoms with van der Waals surface area (Å²) in [5.41, 5.74) is 0.476. The summed E-state index contributed by atoms with van der Waals surface area (Å²) in [7, 11) is 4.65. The van der Waals surface area contributed by atoms with Crippen LogP contribution in [-0.4, -0.2) is 59.4 Å². The highest BCUT2D eigenvalue weighted by atomic mass is 35.5. The summed E-state index contributed by atoms with van der Waals surface area (Å²) in [6, 6.07) is 5.48. The fourth-order valence-corrected chi connectivity index (χ4v) is 4.43. The van der Waals surface area contributed by atoms with E-state index >= 15 is 0 Å².